The van der Waals surface area contributed by atoms with Gasteiger partial charge in [-0.2, -0.15) is 0 Å². The van der Waals surface area contributed by atoms with E-state index in [0.717, 1.165) is 11.1 Å². The molecule has 152 valence electrons. The molecule has 1 fully saturated rings. The highest BCUT2D eigenvalue weighted by Gasteiger charge is 2.32. The Labute approximate surface area is 185 Å². The van der Waals surface area contributed by atoms with Gasteiger partial charge in [0.1, 0.15) is 10.9 Å². The maximum Gasteiger partial charge on any atom is 0.266 e. The van der Waals surface area contributed by atoms with E-state index in [1.165, 1.54) is 11.8 Å². The van der Waals surface area contributed by atoms with E-state index in [1.54, 1.807) is 12.0 Å². The molecule has 4 nitrogen and oxygen atoms in total. The second-order valence-corrected chi connectivity index (χ2v) is 9.12. The molecule has 0 atom stereocenters. The highest BCUT2D eigenvalue weighted by atomic mass is 35.5. The number of carbonyl (C=O) groups is 1. The fraction of sp³-hybridized carbons (Fsp3) is 0.273. The van der Waals surface area contributed by atoms with Crippen molar-refractivity contribution in [2.45, 2.75) is 20.5 Å². The number of halogens is 1. The highest BCUT2D eigenvalue weighted by molar-refractivity contribution is 8.26. The lowest BCUT2D eigenvalue weighted by Crippen LogP contribution is -2.31. The van der Waals surface area contributed by atoms with E-state index in [9.17, 15) is 4.79 Å². The smallest absolute Gasteiger partial charge is 0.266 e. The Morgan fingerprint density at radius 1 is 1.17 bits per heavy atom. The third-order valence-electron chi connectivity index (χ3n) is 4.21. The van der Waals surface area contributed by atoms with Crippen molar-refractivity contribution >= 4 is 51.9 Å². The van der Waals surface area contributed by atoms with Crippen molar-refractivity contribution in [2.24, 2.45) is 5.92 Å². The molecular weight excluding hydrogens is 426 g/mol. The van der Waals surface area contributed by atoms with Crippen LogP contribution in [-0.2, 0) is 11.4 Å². The Morgan fingerprint density at radius 2 is 1.90 bits per heavy atom. The molecule has 2 aromatic carbocycles. The van der Waals surface area contributed by atoms with Crippen molar-refractivity contribution in [3.63, 3.8) is 0 Å². The first kappa shape index (κ1) is 21.7. The molecular formula is C22H22ClNO3S2. The molecule has 0 aromatic heterocycles. The molecule has 1 saturated heterocycles. The van der Waals surface area contributed by atoms with E-state index in [1.807, 2.05) is 48.5 Å². The molecule has 1 aliphatic heterocycles. The molecule has 1 aliphatic rings. The fourth-order valence-corrected chi connectivity index (χ4v) is 4.21. The van der Waals surface area contributed by atoms with Gasteiger partial charge in [-0.05, 0) is 47.4 Å². The van der Waals surface area contributed by atoms with Crippen LogP contribution in [0.5, 0.6) is 11.5 Å². The number of ether oxygens (including phenoxy) is 2. The van der Waals surface area contributed by atoms with Gasteiger partial charge in [-0.25, -0.2) is 0 Å². The topological polar surface area (TPSA) is 38.8 Å². The standard InChI is InChI=1S/C22H22ClNO3S2/c1-14(2)12-24-21(25)20(29-22(24)28)11-16-6-9-18(19(10-16)26-3)27-13-15-4-7-17(23)8-5-15/h4-11,14H,12-13H2,1-3H3/b20-11-. The summed E-state index contributed by atoms with van der Waals surface area (Å²) in [4.78, 5) is 14.9. The number of thiocarbonyl (C=S) groups is 1. The molecule has 1 amide bonds. The summed E-state index contributed by atoms with van der Waals surface area (Å²) in [7, 11) is 1.59. The van der Waals surface area contributed by atoms with Gasteiger partial charge in [0.05, 0.1) is 12.0 Å². The van der Waals surface area contributed by atoms with Gasteiger partial charge in [0.2, 0.25) is 0 Å². The maximum atomic E-state index is 12.6. The number of thioether (sulfide) groups is 1. The highest BCUT2D eigenvalue weighted by Crippen LogP contribution is 2.35. The Bertz CT molecular complexity index is 942. The van der Waals surface area contributed by atoms with Crippen LogP contribution in [0.15, 0.2) is 47.4 Å². The molecule has 0 unspecified atom stereocenters. The molecule has 0 spiro atoms. The number of hydrogen-bond acceptors (Lipinski definition) is 5. The van der Waals surface area contributed by atoms with Crippen LogP contribution < -0.4 is 9.47 Å². The fourth-order valence-electron chi connectivity index (χ4n) is 2.81. The third kappa shape index (κ3) is 5.53. The number of methoxy groups -OCH3 is 1. The molecule has 7 heteroatoms. The second kappa shape index (κ2) is 9.65. The lowest BCUT2D eigenvalue weighted by molar-refractivity contribution is -0.122. The Morgan fingerprint density at radius 3 is 2.55 bits per heavy atom. The van der Waals surface area contributed by atoms with Crippen LogP contribution >= 0.6 is 35.6 Å². The molecule has 0 radical (unpaired) electrons. The average Bonchev–Trinajstić information content (AvgIpc) is 2.95. The average molecular weight is 448 g/mol. The van der Waals surface area contributed by atoms with Crippen LogP contribution in [0.4, 0.5) is 0 Å². The summed E-state index contributed by atoms with van der Waals surface area (Å²) in [6, 6.07) is 13.1. The van der Waals surface area contributed by atoms with Crippen LogP contribution in [0.3, 0.4) is 0 Å². The monoisotopic (exact) mass is 447 g/mol. The van der Waals surface area contributed by atoms with Crippen molar-refractivity contribution in [2.75, 3.05) is 13.7 Å². The first-order valence-electron chi connectivity index (χ1n) is 9.18. The Balaban J connectivity index is 1.74. The number of benzene rings is 2. The molecule has 0 bridgehead atoms. The minimum absolute atomic E-state index is 0.0456. The summed E-state index contributed by atoms with van der Waals surface area (Å²) in [6.07, 6.45) is 1.84. The molecule has 29 heavy (non-hydrogen) atoms. The largest absolute Gasteiger partial charge is 0.493 e. The van der Waals surface area contributed by atoms with E-state index in [4.69, 9.17) is 33.3 Å². The summed E-state index contributed by atoms with van der Waals surface area (Å²) in [6.45, 7) is 5.16. The van der Waals surface area contributed by atoms with E-state index >= 15 is 0 Å². The van der Waals surface area contributed by atoms with Gasteiger partial charge in [0.15, 0.2) is 11.5 Å². The van der Waals surface area contributed by atoms with Crippen molar-refractivity contribution in [1.82, 2.24) is 4.90 Å². The number of amides is 1. The second-order valence-electron chi connectivity index (χ2n) is 7.01. The van der Waals surface area contributed by atoms with Crippen molar-refractivity contribution in [3.8, 4) is 11.5 Å². The number of nitrogens with zero attached hydrogens (tertiary/aromatic N) is 1. The van der Waals surface area contributed by atoms with E-state index in [0.29, 0.717) is 44.8 Å². The van der Waals surface area contributed by atoms with Gasteiger partial charge in [0.25, 0.3) is 5.91 Å². The molecule has 1 heterocycles. The predicted molar refractivity (Wildman–Crippen MR) is 123 cm³/mol. The summed E-state index contributed by atoms with van der Waals surface area (Å²) in [5, 5.41) is 0.689. The van der Waals surface area contributed by atoms with Crippen molar-refractivity contribution in [1.29, 1.82) is 0 Å². The number of rotatable bonds is 7. The first-order chi connectivity index (χ1) is 13.9. The normalized spacial score (nSPS) is 15.5. The maximum absolute atomic E-state index is 12.6. The van der Waals surface area contributed by atoms with Gasteiger partial charge in [-0.3, -0.25) is 9.69 Å². The first-order valence-corrected chi connectivity index (χ1v) is 10.8. The summed E-state index contributed by atoms with van der Waals surface area (Å²) >= 11 is 12.6. The van der Waals surface area contributed by atoms with Gasteiger partial charge < -0.3 is 9.47 Å². The third-order valence-corrected chi connectivity index (χ3v) is 5.84. The molecule has 2 aromatic rings. The SMILES string of the molecule is COc1cc(/C=C2\SC(=S)N(CC(C)C)C2=O)ccc1OCc1ccc(Cl)cc1. The molecule has 0 aliphatic carbocycles. The summed E-state index contributed by atoms with van der Waals surface area (Å²) < 4.78 is 12.0. The van der Waals surface area contributed by atoms with Crippen LogP contribution in [-0.4, -0.2) is 28.8 Å². The van der Waals surface area contributed by atoms with E-state index < -0.39 is 0 Å². The van der Waals surface area contributed by atoms with Crippen LogP contribution in [0.2, 0.25) is 5.02 Å². The van der Waals surface area contributed by atoms with Crippen LogP contribution in [0.1, 0.15) is 25.0 Å². The molecule has 3 rings (SSSR count). The van der Waals surface area contributed by atoms with Crippen LogP contribution in [0, 0.1) is 5.92 Å². The zero-order valence-electron chi connectivity index (χ0n) is 16.5. The van der Waals surface area contributed by atoms with Crippen molar-refractivity contribution in [3.05, 3.63) is 63.5 Å². The lowest BCUT2D eigenvalue weighted by Gasteiger charge is -2.16. The minimum Gasteiger partial charge on any atom is -0.493 e. The molecule has 0 saturated carbocycles. The Kier molecular flexibility index (Phi) is 7.22. The van der Waals surface area contributed by atoms with Gasteiger partial charge >= 0.3 is 0 Å². The number of hydrogen-bond donors (Lipinski definition) is 0. The van der Waals surface area contributed by atoms with Gasteiger partial charge in [0, 0.05) is 11.6 Å². The summed E-state index contributed by atoms with van der Waals surface area (Å²) in [5.41, 5.74) is 1.86. The van der Waals surface area contributed by atoms with Crippen molar-refractivity contribution < 1.29 is 14.3 Å². The Hall–Kier alpha value is -2.02. The summed E-state index contributed by atoms with van der Waals surface area (Å²) in [5.74, 6) is 1.54. The molecule has 0 N–H and O–H groups in total. The zero-order chi connectivity index (χ0) is 21.0. The zero-order valence-corrected chi connectivity index (χ0v) is 18.9. The van der Waals surface area contributed by atoms with Crippen LogP contribution in [0.25, 0.3) is 6.08 Å². The van der Waals surface area contributed by atoms with E-state index in [2.05, 4.69) is 13.8 Å². The van der Waals surface area contributed by atoms with Gasteiger partial charge in [-0.15, -0.1) is 0 Å². The minimum atomic E-state index is -0.0456. The predicted octanol–water partition coefficient (Wildman–Crippen LogP) is 5.78. The van der Waals surface area contributed by atoms with Gasteiger partial charge in [-0.1, -0.05) is 67.6 Å². The quantitative estimate of drug-likeness (QED) is 0.397. The lowest BCUT2D eigenvalue weighted by atomic mass is 10.1. The number of carbonyl (C=O) groups excluding carboxylic acids is 1. The van der Waals surface area contributed by atoms with E-state index in [-0.39, 0.29) is 5.91 Å².